The Hall–Kier alpha value is -6.98. The summed E-state index contributed by atoms with van der Waals surface area (Å²) in [5, 5.41) is 2.26. The fourth-order valence-corrected chi connectivity index (χ4v) is 15.0. The first-order valence-corrected chi connectivity index (χ1v) is 30.1. The monoisotopic (exact) mass is 1070 g/mol. The number of nitrogens with zero attached hydrogens (tertiary/aromatic N) is 3. The van der Waals surface area contributed by atoms with E-state index in [1.807, 2.05) is 0 Å². The third-order valence-electron chi connectivity index (χ3n) is 19.7. The molecule has 8 aromatic carbocycles. The zero-order valence-corrected chi connectivity index (χ0v) is 51.8. The van der Waals surface area contributed by atoms with Gasteiger partial charge >= 0.3 is 0 Å². The van der Waals surface area contributed by atoms with Gasteiger partial charge in [0.15, 0.2) is 0 Å². The molecule has 0 spiro atoms. The van der Waals surface area contributed by atoms with E-state index >= 15 is 0 Å². The highest BCUT2D eigenvalue weighted by Crippen LogP contribution is 2.56. The Kier molecular flexibility index (Phi) is 11.5. The molecular weight excluding hydrogens is 982 g/mol. The van der Waals surface area contributed by atoms with Crippen LogP contribution in [0.15, 0.2) is 150 Å². The molecule has 5 heteroatoms. The van der Waals surface area contributed by atoms with Crippen LogP contribution in [-0.2, 0) is 37.9 Å². The quantitative estimate of drug-likeness (QED) is 0.160. The second-order valence-corrected chi connectivity index (χ2v) is 30.6. The predicted octanol–water partition coefficient (Wildman–Crippen LogP) is 19.6. The number of aryl methyl sites for hydroxylation is 1. The Morgan fingerprint density at radius 2 is 0.914 bits per heavy atom. The van der Waals surface area contributed by atoms with Gasteiger partial charge in [-0.05, 0) is 204 Å². The predicted molar refractivity (Wildman–Crippen MR) is 349 cm³/mol. The van der Waals surface area contributed by atoms with Gasteiger partial charge in [-0.1, -0.05) is 178 Å². The lowest BCUT2D eigenvalue weighted by molar-refractivity contribution is 0.332. The van der Waals surface area contributed by atoms with Crippen molar-refractivity contribution >= 4 is 96.2 Å². The molecule has 0 N–H and O–H groups in total. The SMILES string of the molecule is Cc1cc2c(cc1N1c3cc4c(cc3B3c5ccc(N(c6ccc(C(C)(C)C)cc6)c6ccc(C(C)(C)C)cc6)cc5N(c5ccc6c(c5)oc5ccccc56)c5cc(C(C)(C)C)cc1c53)C(C)(C)CC4(C)C)C(C)(C)CCC2(C)C. The van der Waals surface area contributed by atoms with Crippen LogP contribution in [0.25, 0.3) is 21.9 Å². The van der Waals surface area contributed by atoms with E-state index < -0.39 is 0 Å². The first kappa shape index (κ1) is 53.3. The zero-order valence-electron chi connectivity index (χ0n) is 51.8. The van der Waals surface area contributed by atoms with Crippen molar-refractivity contribution < 1.29 is 4.42 Å². The molecule has 1 aromatic heterocycles. The van der Waals surface area contributed by atoms with Gasteiger partial charge in [0.25, 0.3) is 6.71 Å². The van der Waals surface area contributed by atoms with Crippen LogP contribution in [0.2, 0.25) is 0 Å². The minimum absolute atomic E-state index is 0.000237. The third-order valence-corrected chi connectivity index (χ3v) is 19.7. The summed E-state index contributed by atoms with van der Waals surface area (Å²) >= 11 is 0. The van der Waals surface area contributed by atoms with Crippen LogP contribution < -0.4 is 31.1 Å². The topological polar surface area (TPSA) is 22.9 Å². The summed E-state index contributed by atoms with van der Waals surface area (Å²) in [5.41, 5.74) is 27.6. The van der Waals surface area contributed by atoms with Crippen LogP contribution in [0.4, 0.5) is 51.2 Å². The Bertz CT molecular complexity index is 3990. The molecule has 0 unspecified atom stereocenters. The second-order valence-electron chi connectivity index (χ2n) is 30.6. The van der Waals surface area contributed by atoms with Crippen LogP contribution in [0.1, 0.15) is 181 Å². The van der Waals surface area contributed by atoms with Gasteiger partial charge in [-0.15, -0.1) is 0 Å². The van der Waals surface area contributed by atoms with E-state index in [1.54, 1.807) is 0 Å². The maximum Gasteiger partial charge on any atom is 0.252 e. The molecule has 2 aliphatic carbocycles. The number of benzene rings is 8. The first-order chi connectivity index (χ1) is 37.9. The minimum Gasteiger partial charge on any atom is -0.456 e. The van der Waals surface area contributed by atoms with Gasteiger partial charge in [0.1, 0.15) is 11.2 Å². The van der Waals surface area contributed by atoms with E-state index in [-0.39, 0.29) is 44.6 Å². The van der Waals surface area contributed by atoms with E-state index in [2.05, 4.69) is 285 Å². The highest BCUT2D eigenvalue weighted by Gasteiger charge is 2.49. The Balaban J connectivity index is 1.14. The molecule has 412 valence electrons. The summed E-state index contributed by atoms with van der Waals surface area (Å²) in [5.74, 6) is 0. The summed E-state index contributed by atoms with van der Waals surface area (Å²) in [6.45, 7) is 43.1. The van der Waals surface area contributed by atoms with E-state index in [0.717, 1.165) is 57.5 Å². The van der Waals surface area contributed by atoms with Crippen molar-refractivity contribution in [1.82, 2.24) is 0 Å². The smallest absolute Gasteiger partial charge is 0.252 e. The summed E-state index contributed by atoms with van der Waals surface area (Å²) in [6, 6.07) is 57.0. The number of rotatable bonds is 5. The van der Waals surface area contributed by atoms with Crippen molar-refractivity contribution in [3.8, 4) is 0 Å². The molecule has 0 fully saturated rings. The lowest BCUT2D eigenvalue weighted by Crippen LogP contribution is -2.61. The molecule has 0 saturated heterocycles. The van der Waals surface area contributed by atoms with Crippen molar-refractivity contribution in [3.05, 3.63) is 190 Å². The number of hydrogen-bond acceptors (Lipinski definition) is 4. The molecule has 0 saturated carbocycles. The zero-order chi connectivity index (χ0) is 57.5. The average Bonchev–Trinajstić information content (AvgIpc) is 3.95. The summed E-state index contributed by atoms with van der Waals surface area (Å²) < 4.78 is 6.81. The molecule has 2 aliphatic heterocycles. The highest BCUT2D eigenvalue weighted by molar-refractivity contribution is 7.00. The van der Waals surface area contributed by atoms with Crippen molar-refractivity contribution in [2.45, 2.75) is 182 Å². The van der Waals surface area contributed by atoms with Gasteiger partial charge in [0.2, 0.25) is 0 Å². The van der Waals surface area contributed by atoms with Crippen LogP contribution in [-0.4, -0.2) is 6.71 Å². The lowest BCUT2D eigenvalue weighted by atomic mass is 9.33. The van der Waals surface area contributed by atoms with E-state index in [4.69, 9.17) is 4.42 Å². The van der Waals surface area contributed by atoms with Gasteiger partial charge in [-0.25, -0.2) is 0 Å². The number of furan rings is 1. The van der Waals surface area contributed by atoms with E-state index in [0.29, 0.717) is 0 Å². The first-order valence-electron chi connectivity index (χ1n) is 30.1. The van der Waals surface area contributed by atoms with Gasteiger partial charge in [-0.2, -0.15) is 0 Å². The second kappa shape index (κ2) is 17.5. The Morgan fingerprint density at radius 3 is 1.51 bits per heavy atom. The molecule has 4 aliphatic rings. The molecule has 3 heterocycles. The Labute approximate surface area is 484 Å². The van der Waals surface area contributed by atoms with E-state index in [1.165, 1.54) is 95.8 Å². The Morgan fingerprint density at radius 1 is 0.420 bits per heavy atom. The molecule has 13 rings (SSSR count). The van der Waals surface area contributed by atoms with Gasteiger partial charge in [-0.3, -0.25) is 0 Å². The molecule has 4 nitrogen and oxygen atoms in total. The van der Waals surface area contributed by atoms with Crippen molar-refractivity contribution in [1.29, 1.82) is 0 Å². The molecule has 0 radical (unpaired) electrons. The fourth-order valence-electron chi connectivity index (χ4n) is 15.0. The van der Waals surface area contributed by atoms with E-state index in [9.17, 15) is 0 Å². The summed E-state index contributed by atoms with van der Waals surface area (Å²) in [4.78, 5) is 7.82. The minimum atomic E-state index is -0.181. The van der Waals surface area contributed by atoms with Gasteiger partial charge in [0.05, 0.1) is 0 Å². The maximum atomic E-state index is 6.81. The third kappa shape index (κ3) is 8.43. The van der Waals surface area contributed by atoms with Crippen LogP contribution in [0.3, 0.4) is 0 Å². The largest absolute Gasteiger partial charge is 0.456 e. The highest BCUT2D eigenvalue weighted by atomic mass is 16.3. The fraction of sp³-hybridized carbons (Fsp3) is 0.368. The standard InChI is InChI=1S/C76H84BN3O/c1-46-37-56-58(74(13,14)36-35-73(56,11)12)43-62(46)80-64-44-59-57(75(15,16)45-76(59,17)18)42-61(64)77-60-34-32-52(78(50-27-23-47(24-28-50)70(2,3)4)51-29-25-48(26-30-51)71(5,6)7)40-63(60)79(65-38-49(72(8,9)10)39-66(80)69(65)77)53-31-33-55-54-21-19-20-22-67(54)81-68(55)41-53/h19-34,37-44H,35-36,45H2,1-18H3. The van der Waals surface area contributed by atoms with Crippen molar-refractivity contribution in [2.75, 3.05) is 14.7 Å². The molecule has 0 atom stereocenters. The van der Waals surface area contributed by atoms with Gasteiger partial charge < -0.3 is 19.1 Å². The maximum absolute atomic E-state index is 6.81. The van der Waals surface area contributed by atoms with Crippen LogP contribution in [0.5, 0.6) is 0 Å². The average molecular weight is 1070 g/mol. The molecular formula is C76H84BN3O. The number of fused-ring (bicyclic) bond motifs is 9. The summed E-state index contributed by atoms with van der Waals surface area (Å²) in [7, 11) is 0. The van der Waals surface area contributed by atoms with Crippen LogP contribution in [0, 0.1) is 6.92 Å². The van der Waals surface area contributed by atoms with Crippen molar-refractivity contribution in [3.63, 3.8) is 0 Å². The number of para-hydroxylation sites is 1. The van der Waals surface area contributed by atoms with Crippen LogP contribution >= 0.6 is 0 Å². The summed E-state index contributed by atoms with van der Waals surface area (Å²) in [6.07, 6.45) is 3.43. The van der Waals surface area contributed by atoms with Gasteiger partial charge in [0, 0.05) is 68.0 Å². The number of hydrogen-bond donors (Lipinski definition) is 0. The molecule has 0 amide bonds. The molecule has 0 bridgehead atoms. The number of anilines is 9. The van der Waals surface area contributed by atoms with Crippen molar-refractivity contribution in [2.24, 2.45) is 0 Å². The lowest BCUT2D eigenvalue weighted by Gasteiger charge is -2.47. The normalized spacial score (nSPS) is 17.4. The molecule has 81 heavy (non-hydrogen) atoms. The molecule has 9 aromatic rings.